The average molecular weight is 355 g/mol. The third kappa shape index (κ3) is 4.23. The van der Waals surface area contributed by atoms with E-state index in [1.807, 2.05) is 21.7 Å². The number of amides is 1. The van der Waals surface area contributed by atoms with Crippen molar-refractivity contribution in [3.63, 3.8) is 0 Å². The molecule has 1 aliphatic heterocycles. The second-order valence-electron chi connectivity index (χ2n) is 6.88. The Morgan fingerprint density at radius 2 is 1.92 bits per heavy atom. The number of aromatic nitrogens is 3. The molecule has 3 rings (SSSR count). The van der Waals surface area contributed by atoms with Crippen LogP contribution in [0.5, 0.6) is 0 Å². The van der Waals surface area contributed by atoms with Crippen molar-refractivity contribution in [3.05, 3.63) is 42.5 Å². The number of rotatable bonds is 7. The van der Waals surface area contributed by atoms with Gasteiger partial charge in [-0.2, -0.15) is 5.10 Å². The van der Waals surface area contributed by atoms with Gasteiger partial charge in [-0.25, -0.2) is 9.67 Å². The Balaban J connectivity index is 1.58. The maximum absolute atomic E-state index is 12.8. The number of likely N-dealkylation sites (tertiary alicyclic amines) is 1. The molecule has 1 aromatic heterocycles. The molecule has 6 nitrogen and oxygen atoms in total. The van der Waals surface area contributed by atoms with E-state index >= 15 is 0 Å². The Morgan fingerprint density at radius 3 is 2.50 bits per heavy atom. The van der Waals surface area contributed by atoms with Crippen LogP contribution in [0.15, 0.2) is 36.9 Å². The first-order valence-electron chi connectivity index (χ1n) is 9.71. The van der Waals surface area contributed by atoms with Crippen LogP contribution in [0.1, 0.15) is 55.9 Å². The highest BCUT2D eigenvalue weighted by Crippen LogP contribution is 2.23. The summed E-state index contributed by atoms with van der Waals surface area (Å²) in [7, 11) is 0. The smallest absolute Gasteiger partial charge is 0.253 e. The number of piperidine rings is 1. The van der Waals surface area contributed by atoms with Gasteiger partial charge in [0, 0.05) is 37.4 Å². The summed E-state index contributed by atoms with van der Waals surface area (Å²) in [4.78, 5) is 21.1. The number of hydrogen-bond donors (Lipinski definition) is 0. The molecule has 140 valence electrons. The fraction of sp³-hybridized carbons (Fsp3) is 0.550. The molecular formula is C20H29N5O. The normalized spacial score (nSPS) is 15.2. The molecule has 0 saturated carbocycles. The minimum atomic E-state index is 0.130. The van der Waals surface area contributed by atoms with Crippen molar-refractivity contribution in [2.45, 2.75) is 45.6 Å². The maximum Gasteiger partial charge on any atom is 0.253 e. The summed E-state index contributed by atoms with van der Waals surface area (Å²) >= 11 is 0. The molecule has 1 amide bonds. The van der Waals surface area contributed by atoms with Crippen LogP contribution in [0.25, 0.3) is 0 Å². The molecule has 2 aromatic rings. The molecule has 0 atom stereocenters. The summed E-state index contributed by atoms with van der Waals surface area (Å²) in [5, 5.41) is 4.22. The Kier molecular flexibility index (Phi) is 6.26. The van der Waals surface area contributed by atoms with Crippen LogP contribution < -0.4 is 4.90 Å². The molecule has 0 N–H and O–H groups in total. The largest absolute Gasteiger partial charge is 0.372 e. The number of anilines is 1. The van der Waals surface area contributed by atoms with Gasteiger partial charge >= 0.3 is 0 Å². The van der Waals surface area contributed by atoms with Crippen LogP contribution in [0, 0.1) is 0 Å². The third-order valence-corrected chi connectivity index (χ3v) is 5.21. The van der Waals surface area contributed by atoms with Gasteiger partial charge in [-0.15, -0.1) is 0 Å². The maximum atomic E-state index is 12.8. The highest BCUT2D eigenvalue weighted by Gasteiger charge is 2.25. The minimum Gasteiger partial charge on any atom is -0.372 e. The Hall–Kier alpha value is -2.37. The molecule has 0 unspecified atom stereocenters. The van der Waals surface area contributed by atoms with Crippen LogP contribution in [-0.2, 0) is 0 Å². The van der Waals surface area contributed by atoms with Gasteiger partial charge in [0.15, 0.2) is 0 Å². The molecular weight excluding hydrogens is 326 g/mol. The molecule has 1 aromatic carbocycles. The average Bonchev–Trinajstić information content (AvgIpc) is 3.23. The quantitative estimate of drug-likeness (QED) is 0.764. The fourth-order valence-electron chi connectivity index (χ4n) is 3.56. The molecule has 0 spiro atoms. The molecule has 2 heterocycles. The van der Waals surface area contributed by atoms with Gasteiger partial charge in [0.1, 0.15) is 12.7 Å². The van der Waals surface area contributed by atoms with Gasteiger partial charge in [-0.05, 0) is 50.5 Å². The zero-order valence-corrected chi connectivity index (χ0v) is 15.8. The molecule has 1 aliphatic rings. The monoisotopic (exact) mass is 355 g/mol. The number of carbonyl (C=O) groups excluding carboxylic acids is 1. The second kappa shape index (κ2) is 8.83. The van der Waals surface area contributed by atoms with Crippen molar-refractivity contribution in [1.82, 2.24) is 19.7 Å². The van der Waals surface area contributed by atoms with Crippen molar-refractivity contribution in [3.8, 4) is 0 Å². The number of nitrogens with zero attached hydrogens (tertiary/aromatic N) is 5. The van der Waals surface area contributed by atoms with E-state index in [2.05, 4.69) is 41.0 Å². The predicted octanol–water partition coefficient (Wildman–Crippen LogP) is 3.38. The highest BCUT2D eigenvalue weighted by molar-refractivity contribution is 5.94. The molecule has 1 fully saturated rings. The number of benzene rings is 1. The standard InChI is InChI=1S/C20H29N5O/c1-3-5-12-23(4-2)18-8-6-17(7-9-18)20(26)24-13-10-19(11-14-24)25-16-21-15-22-25/h6-9,15-16,19H,3-5,10-14H2,1-2H3. The lowest BCUT2D eigenvalue weighted by atomic mass is 10.0. The van der Waals surface area contributed by atoms with E-state index in [0.29, 0.717) is 6.04 Å². The lowest BCUT2D eigenvalue weighted by Gasteiger charge is -2.32. The summed E-state index contributed by atoms with van der Waals surface area (Å²) in [6, 6.07) is 8.44. The van der Waals surface area contributed by atoms with Crippen LogP contribution >= 0.6 is 0 Å². The highest BCUT2D eigenvalue weighted by atomic mass is 16.2. The van der Waals surface area contributed by atoms with Gasteiger partial charge in [0.25, 0.3) is 5.91 Å². The van der Waals surface area contributed by atoms with Gasteiger partial charge in [-0.3, -0.25) is 4.79 Å². The molecule has 1 saturated heterocycles. The van der Waals surface area contributed by atoms with E-state index in [1.165, 1.54) is 18.5 Å². The van der Waals surface area contributed by atoms with Gasteiger partial charge in [0.05, 0.1) is 6.04 Å². The zero-order chi connectivity index (χ0) is 18.4. The Labute approximate surface area is 155 Å². The van der Waals surface area contributed by atoms with Crippen molar-refractivity contribution >= 4 is 11.6 Å². The van der Waals surface area contributed by atoms with E-state index in [4.69, 9.17) is 0 Å². The molecule has 0 aliphatic carbocycles. The summed E-state index contributed by atoms with van der Waals surface area (Å²) in [6.45, 7) is 7.97. The zero-order valence-electron chi connectivity index (χ0n) is 15.8. The van der Waals surface area contributed by atoms with E-state index in [-0.39, 0.29) is 5.91 Å². The summed E-state index contributed by atoms with van der Waals surface area (Å²) in [5.74, 6) is 0.130. The lowest BCUT2D eigenvalue weighted by molar-refractivity contribution is 0.0690. The van der Waals surface area contributed by atoms with E-state index in [9.17, 15) is 4.79 Å². The topological polar surface area (TPSA) is 54.3 Å². The lowest BCUT2D eigenvalue weighted by Crippen LogP contribution is -2.39. The third-order valence-electron chi connectivity index (χ3n) is 5.21. The van der Waals surface area contributed by atoms with Crippen molar-refractivity contribution in [2.75, 3.05) is 31.1 Å². The SMILES string of the molecule is CCCCN(CC)c1ccc(C(=O)N2CCC(n3cncn3)CC2)cc1. The first-order chi connectivity index (χ1) is 12.7. The number of carbonyl (C=O) groups is 1. The van der Waals surface area contributed by atoms with Crippen molar-refractivity contribution in [1.29, 1.82) is 0 Å². The van der Waals surface area contributed by atoms with E-state index in [1.54, 1.807) is 12.7 Å². The van der Waals surface area contributed by atoms with E-state index in [0.717, 1.165) is 44.6 Å². The molecule has 0 bridgehead atoms. The van der Waals surface area contributed by atoms with Crippen LogP contribution in [-0.4, -0.2) is 51.8 Å². The first kappa shape index (κ1) is 18.4. The minimum absolute atomic E-state index is 0.130. The van der Waals surface area contributed by atoms with Crippen LogP contribution in [0.4, 0.5) is 5.69 Å². The molecule has 26 heavy (non-hydrogen) atoms. The second-order valence-corrected chi connectivity index (χ2v) is 6.88. The van der Waals surface area contributed by atoms with Crippen molar-refractivity contribution < 1.29 is 4.79 Å². The van der Waals surface area contributed by atoms with Gasteiger partial charge in [0.2, 0.25) is 0 Å². The van der Waals surface area contributed by atoms with Crippen LogP contribution in [0.2, 0.25) is 0 Å². The summed E-state index contributed by atoms with van der Waals surface area (Å²) in [5.41, 5.74) is 1.97. The Morgan fingerprint density at radius 1 is 1.19 bits per heavy atom. The van der Waals surface area contributed by atoms with Crippen LogP contribution in [0.3, 0.4) is 0 Å². The molecule has 0 radical (unpaired) electrons. The summed E-state index contributed by atoms with van der Waals surface area (Å²) in [6.07, 6.45) is 7.56. The first-order valence-corrected chi connectivity index (χ1v) is 9.71. The number of hydrogen-bond acceptors (Lipinski definition) is 4. The number of unbranched alkanes of at least 4 members (excludes halogenated alkanes) is 1. The van der Waals surface area contributed by atoms with Gasteiger partial charge in [-0.1, -0.05) is 13.3 Å². The van der Waals surface area contributed by atoms with Gasteiger partial charge < -0.3 is 9.80 Å². The van der Waals surface area contributed by atoms with Crippen molar-refractivity contribution in [2.24, 2.45) is 0 Å². The Bertz CT molecular complexity index is 675. The summed E-state index contributed by atoms with van der Waals surface area (Å²) < 4.78 is 1.91. The predicted molar refractivity (Wildman–Crippen MR) is 103 cm³/mol. The molecule has 6 heteroatoms. The fourth-order valence-corrected chi connectivity index (χ4v) is 3.56. The van der Waals surface area contributed by atoms with E-state index < -0.39 is 0 Å².